The summed E-state index contributed by atoms with van der Waals surface area (Å²) in [5.74, 6) is 2.33. The zero-order chi connectivity index (χ0) is 10.8. The fourth-order valence-corrected chi connectivity index (χ4v) is 1.78. The highest BCUT2D eigenvalue weighted by molar-refractivity contribution is 5.31. The van der Waals surface area contributed by atoms with E-state index < -0.39 is 0 Å². The second-order valence-corrected chi connectivity index (χ2v) is 4.29. The molecule has 0 amide bonds. The lowest BCUT2D eigenvalue weighted by Crippen LogP contribution is -2.44. The van der Waals surface area contributed by atoms with E-state index in [0.29, 0.717) is 5.92 Å². The van der Waals surface area contributed by atoms with Crippen LogP contribution >= 0.6 is 0 Å². The average molecular weight is 209 g/mol. The van der Waals surface area contributed by atoms with Gasteiger partial charge >= 0.3 is 0 Å². The van der Waals surface area contributed by atoms with Gasteiger partial charge in [0.2, 0.25) is 5.95 Å². The highest BCUT2D eigenvalue weighted by atomic mass is 15.4. The van der Waals surface area contributed by atoms with Gasteiger partial charge in [-0.15, -0.1) is 0 Å². The summed E-state index contributed by atoms with van der Waals surface area (Å²) in [7, 11) is 1.97. The number of aryl methyl sites for hydroxylation is 1. The van der Waals surface area contributed by atoms with Gasteiger partial charge in [-0.3, -0.25) is 0 Å². The van der Waals surface area contributed by atoms with Crippen molar-refractivity contribution in [1.82, 2.24) is 20.1 Å². The second kappa shape index (κ2) is 4.18. The number of rotatable bonds is 2. The second-order valence-electron chi connectivity index (χ2n) is 4.29. The van der Waals surface area contributed by atoms with Crippen molar-refractivity contribution < 1.29 is 0 Å². The third-order valence-electron chi connectivity index (χ3n) is 2.67. The topological polar surface area (TPSA) is 46.0 Å². The van der Waals surface area contributed by atoms with Crippen molar-refractivity contribution in [3.05, 3.63) is 5.82 Å². The van der Waals surface area contributed by atoms with Crippen LogP contribution in [0.25, 0.3) is 0 Å². The molecule has 5 heteroatoms. The van der Waals surface area contributed by atoms with Crippen LogP contribution in [0.1, 0.15) is 25.6 Å². The van der Waals surface area contributed by atoms with E-state index in [-0.39, 0.29) is 0 Å². The fraction of sp³-hybridized carbons (Fsp3) is 0.800. The average Bonchev–Trinajstić information content (AvgIpc) is 2.62. The van der Waals surface area contributed by atoms with E-state index in [1.165, 1.54) is 0 Å². The Morgan fingerprint density at radius 3 is 2.47 bits per heavy atom. The Balaban J connectivity index is 2.19. The molecule has 2 heterocycles. The lowest BCUT2D eigenvalue weighted by Gasteiger charge is -2.27. The predicted molar refractivity (Wildman–Crippen MR) is 60.2 cm³/mol. The molecule has 0 saturated carbocycles. The molecule has 0 aliphatic carbocycles. The number of anilines is 1. The van der Waals surface area contributed by atoms with Crippen LogP contribution in [0.4, 0.5) is 5.95 Å². The Morgan fingerprint density at radius 1 is 1.27 bits per heavy atom. The Labute approximate surface area is 90.5 Å². The highest BCUT2D eigenvalue weighted by Gasteiger charge is 2.17. The number of aromatic nitrogens is 3. The summed E-state index contributed by atoms with van der Waals surface area (Å²) in [6.07, 6.45) is 0. The molecule has 0 unspecified atom stereocenters. The number of hydrogen-bond donors (Lipinski definition) is 1. The number of nitrogens with zero attached hydrogens (tertiary/aromatic N) is 4. The summed E-state index contributed by atoms with van der Waals surface area (Å²) in [5, 5.41) is 7.76. The zero-order valence-corrected chi connectivity index (χ0v) is 9.69. The largest absolute Gasteiger partial charge is 0.338 e. The number of hydrogen-bond acceptors (Lipinski definition) is 4. The minimum absolute atomic E-state index is 0.396. The van der Waals surface area contributed by atoms with E-state index in [4.69, 9.17) is 0 Å². The van der Waals surface area contributed by atoms with Crippen LogP contribution in [0.2, 0.25) is 0 Å². The molecule has 0 bridgehead atoms. The lowest BCUT2D eigenvalue weighted by molar-refractivity contribution is 0.568. The van der Waals surface area contributed by atoms with Crippen LogP contribution in [0.3, 0.4) is 0 Å². The van der Waals surface area contributed by atoms with E-state index >= 15 is 0 Å². The summed E-state index contributed by atoms with van der Waals surface area (Å²) in [6, 6.07) is 0. The molecule has 1 aromatic heterocycles. The van der Waals surface area contributed by atoms with Gasteiger partial charge in [0.05, 0.1) is 0 Å². The first kappa shape index (κ1) is 10.4. The van der Waals surface area contributed by atoms with Gasteiger partial charge < -0.3 is 10.2 Å². The van der Waals surface area contributed by atoms with E-state index in [0.717, 1.165) is 38.0 Å². The van der Waals surface area contributed by atoms with Gasteiger partial charge in [0, 0.05) is 39.1 Å². The molecule has 1 aliphatic heterocycles. The Kier molecular flexibility index (Phi) is 2.90. The maximum absolute atomic E-state index is 4.58. The van der Waals surface area contributed by atoms with Crippen LogP contribution < -0.4 is 10.2 Å². The molecule has 1 N–H and O–H groups in total. The van der Waals surface area contributed by atoms with Crippen molar-refractivity contribution in [2.75, 3.05) is 31.1 Å². The minimum Gasteiger partial charge on any atom is -0.338 e. The molecule has 2 rings (SSSR count). The first-order valence-corrected chi connectivity index (χ1v) is 5.55. The van der Waals surface area contributed by atoms with Crippen molar-refractivity contribution in [1.29, 1.82) is 0 Å². The minimum atomic E-state index is 0.396. The first-order valence-electron chi connectivity index (χ1n) is 5.55. The molecule has 0 spiro atoms. The quantitative estimate of drug-likeness (QED) is 0.763. The van der Waals surface area contributed by atoms with Gasteiger partial charge in [-0.1, -0.05) is 13.8 Å². The molecule has 1 aliphatic rings. The maximum Gasteiger partial charge on any atom is 0.223 e. The van der Waals surface area contributed by atoms with Gasteiger partial charge in [-0.2, -0.15) is 10.1 Å². The molecular weight excluding hydrogens is 190 g/mol. The van der Waals surface area contributed by atoms with Gasteiger partial charge in [-0.05, 0) is 0 Å². The van der Waals surface area contributed by atoms with E-state index in [9.17, 15) is 0 Å². The third-order valence-corrected chi connectivity index (χ3v) is 2.67. The van der Waals surface area contributed by atoms with Crippen LogP contribution in [0, 0.1) is 0 Å². The van der Waals surface area contributed by atoms with Crippen LogP contribution in [0.5, 0.6) is 0 Å². The molecule has 1 saturated heterocycles. The maximum atomic E-state index is 4.58. The molecule has 0 radical (unpaired) electrons. The third kappa shape index (κ3) is 2.12. The molecular formula is C10H19N5. The van der Waals surface area contributed by atoms with Gasteiger partial charge in [0.15, 0.2) is 5.82 Å². The van der Waals surface area contributed by atoms with Crippen LogP contribution in [-0.2, 0) is 7.05 Å². The predicted octanol–water partition coefficient (Wildman–Crippen LogP) is 0.348. The van der Waals surface area contributed by atoms with E-state index in [1.807, 2.05) is 11.7 Å². The summed E-state index contributed by atoms with van der Waals surface area (Å²) in [5.41, 5.74) is 0. The fourth-order valence-electron chi connectivity index (χ4n) is 1.78. The van der Waals surface area contributed by atoms with Crippen molar-refractivity contribution in [2.24, 2.45) is 7.05 Å². The van der Waals surface area contributed by atoms with Gasteiger partial charge in [-0.25, -0.2) is 4.68 Å². The summed E-state index contributed by atoms with van der Waals surface area (Å²) < 4.78 is 1.89. The Bertz CT molecular complexity index is 325. The molecule has 15 heavy (non-hydrogen) atoms. The SMILES string of the molecule is CC(C)c1nc(N2CCNCC2)n(C)n1. The lowest BCUT2D eigenvalue weighted by atomic mass is 10.2. The van der Waals surface area contributed by atoms with E-state index in [2.05, 4.69) is 34.1 Å². The summed E-state index contributed by atoms with van der Waals surface area (Å²) >= 11 is 0. The van der Waals surface area contributed by atoms with Crippen molar-refractivity contribution in [3.63, 3.8) is 0 Å². The van der Waals surface area contributed by atoms with Gasteiger partial charge in [0.25, 0.3) is 0 Å². The number of nitrogens with one attached hydrogen (secondary N) is 1. The zero-order valence-electron chi connectivity index (χ0n) is 9.69. The Hall–Kier alpha value is -1.10. The van der Waals surface area contributed by atoms with Crippen LogP contribution in [0.15, 0.2) is 0 Å². The highest BCUT2D eigenvalue weighted by Crippen LogP contribution is 2.15. The Morgan fingerprint density at radius 2 is 1.93 bits per heavy atom. The smallest absolute Gasteiger partial charge is 0.223 e. The van der Waals surface area contributed by atoms with Crippen molar-refractivity contribution >= 4 is 5.95 Å². The van der Waals surface area contributed by atoms with E-state index in [1.54, 1.807) is 0 Å². The summed E-state index contributed by atoms with van der Waals surface area (Å²) in [4.78, 5) is 6.87. The standard InChI is InChI=1S/C10H19N5/c1-8(2)9-12-10(14(3)13-9)15-6-4-11-5-7-15/h8,11H,4-7H2,1-3H3. The first-order chi connectivity index (χ1) is 7.18. The molecule has 0 atom stereocenters. The normalized spacial score (nSPS) is 17.5. The summed E-state index contributed by atoms with van der Waals surface area (Å²) in [6.45, 7) is 8.34. The van der Waals surface area contributed by atoms with Crippen molar-refractivity contribution in [3.8, 4) is 0 Å². The van der Waals surface area contributed by atoms with Crippen molar-refractivity contribution in [2.45, 2.75) is 19.8 Å². The van der Waals surface area contributed by atoms with Gasteiger partial charge in [0.1, 0.15) is 0 Å². The monoisotopic (exact) mass is 209 g/mol. The molecule has 84 valence electrons. The number of piperazine rings is 1. The molecule has 1 fully saturated rings. The van der Waals surface area contributed by atoms with Crippen LogP contribution in [-0.4, -0.2) is 40.9 Å². The molecule has 5 nitrogen and oxygen atoms in total. The molecule has 1 aromatic rings. The molecule has 0 aromatic carbocycles.